The average Bonchev–Trinajstić information content (AvgIpc) is 3.60. The van der Waals surface area contributed by atoms with Crippen molar-refractivity contribution in [3.05, 3.63) is 125 Å². The number of benzene rings is 4. The minimum absolute atomic E-state index is 0.0446. The molecule has 7 rings (SSSR count). The monoisotopic (exact) mass is 642 g/mol. The molecule has 0 bridgehead atoms. The van der Waals surface area contributed by atoms with Crippen molar-refractivity contribution >= 4 is 35.7 Å². The minimum atomic E-state index is -0.785. The lowest BCUT2D eigenvalue weighted by Crippen LogP contribution is -2.31. The molecule has 0 aromatic heterocycles. The lowest BCUT2D eigenvalue weighted by molar-refractivity contribution is -0.155. The third-order valence-electron chi connectivity index (χ3n) is 9.05. The molecule has 0 N–H and O–H groups in total. The van der Waals surface area contributed by atoms with Crippen molar-refractivity contribution in [1.29, 1.82) is 0 Å². The van der Waals surface area contributed by atoms with Crippen molar-refractivity contribution < 1.29 is 42.9 Å². The van der Waals surface area contributed by atoms with Crippen molar-refractivity contribution in [2.75, 3.05) is 13.2 Å². The Balaban J connectivity index is 0.951. The number of cyclic esters (lactones) is 4. The van der Waals surface area contributed by atoms with Gasteiger partial charge in [-0.2, -0.15) is 0 Å². The van der Waals surface area contributed by atoms with E-state index in [4.69, 9.17) is 18.9 Å². The predicted octanol–water partition coefficient (Wildman–Crippen LogP) is 6.07. The Morgan fingerprint density at radius 2 is 1.31 bits per heavy atom. The zero-order valence-corrected chi connectivity index (χ0v) is 25.7. The first-order valence-corrected chi connectivity index (χ1v) is 15.7. The van der Waals surface area contributed by atoms with E-state index in [-0.39, 0.29) is 31.8 Å². The van der Waals surface area contributed by atoms with Crippen LogP contribution in [0, 0.1) is 11.8 Å². The first kappa shape index (κ1) is 30.8. The number of fused-ring (bicyclic) bond motifs is 3. The molecule has 0 radical (unpaired) electrons. The minimum Gasteiger partial charge on any atom is -0.490 e. The van der Waals surface area contributed by atoms with Gasteiger partial charge in [0.15, 0.2) is 5.78 Å². The summed E-state index contributed by atoms with van der Waals surface area (Å²) < 4.78 is 21.5. The van der Waals surface area contributed by atoms with E-state index in [1.54, 1.807) is 42.5 Å². The van der Waals surface area contributed by atoms with Crippen LogP contribution in [-0.2, 0) is 28.7 Å². The lowest BCUT2D eigenvalue weighted by Gasteiger charge is -2.33. The zero-order chi connectivity index (χ0) is 33.2. The van der Waals surface area contributed by atoms with Gasteiger partial charge in [0.25, 0.3) is 0 Å². The first-order valence-electron chi connectivity index (χ1n) is 15.7. The number of carbonyl (C=O) groups excluding carboxylic acids is 5. The van der Waals surface area contributed by atoms with E-state index in [1.807, 2.05) is 66.7 Å². The summed E-state index contributed by atoms with van der Waals surface area (Å²) in [6, 6.07) is 30.0. The Hall–Kier alpha value is -5.83. The summed E-state index contributed by atoms with van der Waals surface area (Å²) in [6.07, 6.45) is 3.53. The highest BCUT2D eigenvalue weighted by Crippen LogP contribution is 2.51. The normalized spacial score (nSPS) is 21.4. The molecular formula is C39H30O9. The first-order chi connectivity index (χ1) is 23.3. The number of hydrogen-bond donors (Lipinski definition) is 0. The van der Waals surface area contributed by atoms with E-state index in [1.165, 1.54) is 0 Å². The third-order valence-corrected chi connectivity index (χ3v) is 9.05. The maximum atomic E-state index is 12.6. The van der Waals surface area contributed by atoms with Crippen LogP contribution in [0.3, 0.4) is 0 Å². The molecule has 4 atom stereocenters. The van der Waals surface area contributed by atoms with Gasteiger partial charge in [-0.15, -0.1) is 0 Å². The van der Waals surface area contributed by atoms with E-state index in [9.17, 15) is 24.0 Å². The fourth-order valence-electron chi connectivity index (χ4n) is 6.66. The van der Waals surface area contributed by atoms with Crippen LogP contribution >= 0.6 is 0 Å². The van der Waals surface area contributed by atoms with Crippen LogP contribution in [-0.4, -0.2) is 42.9 Å². The molecule has 9 nitrogen and oxygen atoms in total. The summed E-state index contributed by atoms with van der Waals surface area (Å²) in [4.78, 5) is 61.6. The quantitative estimate of drug-likeness (QED) is 0.0667. The molecule has 4 aromatic carbocycles. The van der Waals surface area contributed by atoms with Crippen LogP contribution < -0.4 is 9.47 Å². The third kappa shape index (κ3) is 6.27. The molecule has 0 saturated carbocycles. The molecule has 9 heteroatoms. The van der Waals surface area contributed by atoms with Crippen molar-refractivity contribution in [2.45, 2.75) is 24.7 Å². The van der Waals surface area contributed by atoms with Gasteiger partial charge in [0.2, 0.25) is 0 Å². The van der Waals surface area contributed by atoms with Gasteiger partial charge in [-0.1, -0.05) is 78.9 Å². The number of esters is 4. The molecule has 2 fully saturated rings. The Kier molecular flexibility index (Phi) is 8.42. The Morgan fingerprint density at radius 3 is 2.00 bits per heavy atom. The van der Waals surface area contributed by atoms with Crippen LogP contribution in [0.5, 0.6) is 11.5 Å². The Morgan fingerprint density at radius 1 is 0.667 bits per heavy atom. The molecule has 48 heavy (non-hydrogen) atoms. The number of carbonyl (C=O) groups is 5. The molecule has 2 heterocycles. The van der Waals surface area contributed by atoms with Crippen LogP contribution in [0.15, 0.2) is 103 Å². The second kappa shape index (κ2) is 13.1. The summed E-state index contributed by atoms with van der Waals surface area (Å²) in [5.74, 6) is -4.03. The van der Waals surface area contributed by atoms with E-state index >= 15 is 0 Å². The highest BCUT2D eigenvalue weighted by Gasteiger charge is 2.53. The van der Waals surface area contributed by atoms with E-state index in [0.717, 1.165) is 16.7 Å². The predicted molar refractivity (Wildman–Crippen MR) is 173 cm³/mol. The fourth-order valence-corrected chi connectivity index (χ4v) is 6.66. The van der Waals surface area contributed by atoms with Crippen LogP contribution in [0.4, 0.5) is 0 Å². The van der Waals surface area contributed by atoms with Gasteiger partial charge >= 0.3 is 23.9 Å². The Bertz CT molecular complexity index is 1930. The van der Waals surface area contributed by atoms with Crippen LogP contribution in [0.25, 0.3) is 17.2 Å². The zero-order valence-electron chi connectivity index (χ0n) is 25.7. The number of allylic oxidation sites excluding steroid dienone is 1. The van der Waals surface area contributed by atoms with Crippen LogP contribution in [0.2, 0.25) is 0 Å². The van der Waals surface area contributed by atoms with Gasteiger partial charge in [-0.3, -0.25) is 24.0 Å². The molecule has 4 unspecified atom stereocenters. The molecule has 2 saturated heterocycles. The van der Waals surface area contributed by atoms with E-state index < -0.39 is 47.5 Å². The van der Waals surface area contributed by atoms with Gasteiger partial charge in [-0.25, -0.2) is 0 Å². The summed E-state index contributed by atoms with van der Waals surface area (Å²) in [5, 5.41) is 0. The smallest absolute Gasteiger partial charge is 0.321 e. The summed E-state index contributed by atoms with van der Waals surface area (Å²) in [5.41, 5.74) is 4.89. The summed E-state index contributed by atoms with van der Waals surface area (Å²) in [7, 11) is 0. The molecule has 3 aliphatic rings. The topological polar surface area (TPSA) is 122 Å². The van der Waals surface area contributed by atoms with Gasteiger partial charge in [0.05, 0.1) is 24.2 Å². The maximum absolute atomic E-state index is 12.6. The molecule has 0 amide bonds. The van der Waals surface area contributed by atoms with Crippen molar-refractivity contribution in [3.8, 4) is 22.6 Å². The standard InChI is InChI=1S/C39H30O9/c40-34(26-4-2-1-3-5-26)17-8-23-6-9-24(10-7-23)25-11-13-27(14-12-25)45-18-19-46-28-15-16-29-30(32-22-35(41)47-37(32)42)21-33-36(31(29)20-28)39(44)48-38(33)43/h1-17,20,30,32-33,36H,18-19,21-22H2. The van der Waals surface area contributed by atoms with Gasteiger partial charge in [0.1, 0.15) is 24.7 Å². The fraction of sp³-hybridized carbons (Fsp3) is 0.205. The second-order valence-electron chi connectivity index (χ2n) is 12.0. The molecule has 2 aliphatic heterocycles. The van der Waals surface area contributed by atoms with Crippen LogP contribution in [0.1, 0.15) is 51.7 Å². The van der Waals surface area contributed by atoms with Gasteiger partial charge in [-0.05, 0) is 70.5 Å². The summed E-state index contributed by atoms with van der Waals surface area (Å²) in [6.45, 7) is 0.469. The average molecular weight is 643 g/mol. The van der Waals surface area contributed by atoms with E-state index in [2.05, 4.69) is 0 Å². The highest BCUT2D eigenvalue weighted by atomic mass is 16.6. The highest BCUT2D eigenvalue weighted by molar-refractivity contribution is 6.06. The van der Waals surface area contributed by atoms with Crippen molar-refractivity contribution in [3.63, 3.8) is 0 Å². The molecule has 0 spiro atoms. The molecule has 240 valence electrons. The molecular weight excluding hydrogens is 612 g/mol. The number of rotatable bonds is 10. The second-order valence-corrected chi connectivity index (χ2v) is 12.0. The van der Waals surface area contributed by atoms with E-state index in [0.29, 0.717) is 28.2 Å². The maximum Gasteiger partial charge on any atom is 0.321 e. The largest absolute Gasteiger partial charge is 0.490 e. The Labute approximate surface area is 276 Å². The van der Waals surface area contributed by atoms with Gasteiger partial charge in [0, 0.05) is 5.56 Å². The SMILES string of the molecule is O=C1CC(C2CC3C(=O)OC(=O)C3c3cc(OCCOc4ccc(-c5ccc(C=CC(=O)c6ccccc6)cc5)cc4)ccc32)C(=O)O1. The number of hydrogen-bond acceptors (Lipinski definition) is 9. The lowest BCUT2D eigenvalue weighted by atomic mass is 9.67. The molecule has 1 aliphatic carbocycles. The summed E-state index contributed by atoms with van der Waals surface area (Å²) >= 11 is 0. The number of ketones is 1. The van der Waals surface area contributed by atoms with Gasteiger partial charge < -0.3 is 18.9 Å². The molecule has 4 aromatic rings. The number of ether oxygens (including phenoxy) is 4. The van der Waals surface area contributed by atoms with Crippen molar-refractivity contribution in [1.82, 2.24) is 0 Å². The van der Waals surface area contributed by atoms with Crippen molar-refractivity contribution in [2.24, 2.45) is 11.8 Å².